The second-order valence-electron chi connectivity index (χ2n) is 10.2. The Morgan fingerprint density at radius 3 is 1.77 bits per heavy atom. The highest BCUT2D eigenvalue weighted by molar-refractivity contribution is 5.92. The van der Waals surface area contributed by atoms with Crippen molar-refractivity contribution in [2.75, 3.05) is 0 Å². The Kier molecular flexibility index (Phi) is 13.9. The van der Waals surface area contributed by atoms with Crippen molar-refractivity contribution >= 4 is 30.2 Å². The standard InChI is InChI=1S/C32H39N3O4.ClH/c1-23(2)20-28(34-30(36)27(33)19-18-24-12-6-3-7-13-24)31(37)35-29(21-25-14-8-4-9-15-25)32(38)39-22-26-16-10-5-11-17-26;/h3-17,23,27-29H,18-22,33H2,1-2H3,(H,34,36)(H,35,37);1H. The Morgan fingerprint density at radius 1 is 0.725 bits per heavy atom. The summed E-state index contributed by atoms with van der Waals surface area (Å²) in [6.45, 7) is 4.04. The van der Waals surface area contributed by atoms with Crippen LogP contribution >= 0.6 is 12.4 Å². The van der Waals surface area contributed by atoms with Crippen molar-refractivity contribution in [2.24, 2.45) is 11.7 Å². The number of ether oxygens (including phenoxy) is 1. The van der Waals surface area contributed by atoms with Crippen LogP contribution in [0.15, 0.2) is 91.0 Å². The maximum Gasteiger partial charge on any atom is 0.329 e. The van der Waals surface area contributed by atoms with Crippen LogP contribution in [0.4, 0.5) is 0 Å². The first-order valence-electron chi connectivity index (χ1n) is 13.5. The minimum atomic E-state index is -0.915. The van der Waals surface area contributed by atoms with Gasteiger partial charge in [0.2, 0.25) is 11.8 Å². The Labute approximate surface area is 243 Å². The summed E-state index contributed by atoms with van der Waals surface area (Å²) < 4.78 is 5.56. The zero-order valence-electron chi connectivity index (χ0n) is 23.1. The molecule has 0 fully saturated rings. The van der Waals surface area contributed by atoms with Gasteiger partial charge in [0, 0.05) is 6.42 Å². The Morgan fingerprint density at radius 2 is 1.23 bits per heavy atom. The highest BCUT2D eigenvalue weighted by Gasteiger charge is 2.29. The van der Waals surface area contributed by atoms with E-state index in [0.717, 1.165) is 16.7 Å². The number of carbonyl (C=O) groups excluding carboxylic acids is 3. The van der Waals surface area contributed by atoms with Crippen LogP contribution in [-0.4, -0.2) is 35.9 Å². The Balaban J connectivity index is 0.00000560. The van der Waals surface area contributed by atoms with Crippen LogP contribution in [0.3, 0.4) is 0 Å². The normalized spacial score (nSPS) is 12.9. The van der Waals surface area contributed by atoms with Crippen LogP contribution in [0.1, 0.15) is 43.4 Å². The largest absolute Gasteiger partial charge is 0.459 e. The topological polar surface area (TPSA) is 111 Å². The molecule has 0 aliphatic carbocycles. The second-order valence-corrected chi connectivity index (χ2v) is 10.2. The summed E-state index contributed by atoms with van der Waals surface area (Å²) in [6, 6.07) is 26.1. The molecule has 3 aromatic carbocycles. The van der Waals surface area contributed by atoms with Crippen molar-refractivity contribution in [2.45, 2.75) is 64.3 Å². The van der Waals surface area contributed by atoms with E-state index in [4.69, 9.17) is 10.5 Å². The summed E-state index contributed by atoms with van der Waals surface area (Å²) in [5.74, 6) is -1.24. The highest BCUT2D eigenvalue weighted by atomic mass is 35.5. The van der Waals surface area contributed by atoms with E-state index >= 15 is 0 Å². The number of nitrogens with one attached hydrogen (secondary N) is 2. The first-order chi connectivity index (χ1) is 18.8. The number of halogens is 1. The molecule has 0 bridgehead atoms. The number of amides is 2. The molecule has 2 amide bonds. The molecule has 0 radical (unpaired) electrons. The number of aryl methyl sites for hydroxylation is 1. The van der Waals surface area contributed by atoms with Gasteiger partial charge in [-0.1, -0.05) is 105 Å². The Bertz CT molecular complexity index is 1180. The van der Waals surface area contributed by atoms with Gasteiger partial charge in [0.05, 0.1) is 6.04 Å². The van der Waals surface area contributed by atoms with E-state index < -0.39 is 35.9 Å². The van der Waals surface area contributed by atoms with Gasteiger partial charge in [-0.15, -0.1) is 12.4 Å². The second kappa shape index (κ2) is 17.1. The van der Waals surface area contributed by atoms with Gasteiger partial charge in [0.15, 0.2) is 0 Å². The van der Waals surface area contributed by atoms with Crippen molar-refractivity contribution in [3.05, 3.63) is 108 Å². The van der Waals surface area contributed by atoms with Crippen LogP contribution in [0.2, 0.25) is 0 Å². The Hall–Kier alpha value is -3.68. The third-order valence-electron chi connectivity index (χ3n) is 6.37. The van der Waals surface area contributed by atoms with Crippen LogP contribution in [-0.2, 0) is 38.6 Å². The van der Waals surface area contributed by atoms with Gasteiger partial charge in [0.1, 0.15) is 18.7 Å². The van der Waals surface area contributed by atoms with E-state index in [1.807, 2.05) is 105 Å². The molecular weight excluding hydrogens is 526 g/mol. The molecule has 3 rings (SSSR count). The first kappa shape index (κ1) is 32.5. The number of hydrogen-bond donors (Lipinski definition) is 3. The number of nitrogens with two attached hydrogens (primary N) is 1. The molecule has 8 heteroatoms. The van der Waals surface area contributed by atoms with Gasteiger partial charge in [-0.3, -0.25) is 9.59 Å². The maximum absolute atomic E-state index is 13.4. The SMILES string of the molecule is CC(C)CC(NC(=O)C(N)CCc1ccccc1)C(=O)NC(Cc1ccccc1)C(=O)OCc1ccccc1.Cl. The minimum Gasteiger partial charge on any atom is -0.459 e. The summed E-state index contributed by atoms with van der Waals surface area (Å²) in [6.07, 6.45) is 1.77. The highest BCUT2D eigenvalue weighted by Crippen LogP contribution is 2.11. The molecular formula is C32H40ClN3O4. The molecule has 3 unspecified atom stereocenters. The predicted molar refractivity (Wildman–Crippen MR) is 160 cm³/mol. The molecule has 0 aliphatic rings. The van der Waals surface area contributed by atoms with Crippen LogP contribution in [0, 0.1) is 5.92 Å². The van der Waals surface area contributed by atoms with Gasteiger partial charge in [-0.25, -0.2) is 4.79 Å². The van der Waals surface area contributed by atoms with Gasteiger partial charge in [0.25, 0.3) is 0 Å². The van der Waals surface area contributed by atoms with E-state index in [-0.39, 0.29) is 31.4 Å². The maximum atomic E-state index is 13.4. The third kappa shape index (κ3) is 11.2. The zero-order chi connectivity index (χ0) is 28.0. The summed E-state index contributed by atoms with van der Waals surface area (Å²) in [4.78, 5) is 39.5. The number of benzene rings is 3. The molecule has 0 saturated heterocycles. The molecule has 214 valence electrons. The number of rotatable bonds is 14. The fourth-order valence-corrected chi connectivity index (χ4v) is 4.22. The molecule has 4 N–H and O–H groups in total. The molecule has 0 heterocycles. The van der Waals surface area contributed by atoms with E-state index in [1.165, 1.54) is 0 Å². The zero-order valence-corrected chi connectivity index (χ0v) is 23.9. The smallest absolute Gasteiger partial charge is 0.329 e. The van der Waals surface area contributed by atoms with Crippen molar-refractivity contribution in [3.63, 3.8) is 0 Å². The third-order valence-corrected chi connectivity index (χ3v) is 6.37. The minimum absolute atomic E-state index is 0. The van der Waals surface area contributed by atoms with E-state index in [1.54, 1.807) is 0 Å². The van der Waals surface area contributed by atoms with E-state index in [9.17, 15) is 14.4 Å². The molecule has 7 nitrogen and oxygen atoms in total. The molecule has 40 heavy (non-hydrogen) atoms. The van der Waals surface area contributed by atoms with Gasteiger partial charge >= 0.3 is 5.97 Å². The van der Waals surface area contributed by atoms with Crippen molar-refractivity contribution in [1.82, 2.24) is 10.6 Å². The lowest BCUT2D eigenvalue weighted by Gasteiger charge is -2.25. The fourth-order valence-electron chi connectivity index (χ4n) is 4.22. The number of esters is 1. The van der Waals surface area contributed by atoms with Gasteiger partial charge in [-0.05, 0) is 41.9 Å². The van der Waals surface area contributed by atoms with Crippen LogP contribution in [0.5, 0.6) is 0 Å². The lowest BCUT2D eigenvalue weighted by atomic mass is 10.00. The van der Waals surface area contributed by atoms with Crippen LogP contribution in [0.25, 0.3) is 0 Å². The average Bonchev–Trinajstić information content (AvgIpc) is 2.95. The molecule has 0 aliphatic heterocycles. The van der Waals surface area contributed by atoms with Crippen molar-refractivity contribution in [3.8, 4) is 0 Å². The molecule has 0 saturated carbocycles. The summed E-state index contributed by atoms with van der Waals surface area (Å²) >= 11 is 0. The quantitative estimate of drug-likeness (QED) is 0.251. The van der Waals surface area contributed by atoms with Gasteiger partial charge < -0.3 is 21.1 Å². The lowest BCUT2D eigenvalue weighted by molar-refractivity contribution is -0.149. The monoisotopic (exact) mass is 565 g/mol. The molecule has 0 spiro atoms. The van der Waals surface area contributed by atoms with Crippen molar-refractivity contribution in [1.29, 1.82) is 0 Å². The molecule has 3 atom stereocenters. The van der Waals surface area contributed by atoms with Crippen molar-refractivity contribution < 1.29 is 19.1 Å². The lowest BCUT2D eigenvalue weighted by Crippen LogP contribution is -2.55. The first-order valence-corrected chi connectivity index (χ1v) is 13.5. The molecule has 0 aromatic heterocycles. The fraction of sp³-hybridized carbons (Fsp3) is 0.344. The summed E-state index contributed by atoms with van der Waals surface area (Å²) in [5, 5.41) is 5.66. The van der Waals surface area contributed by atoms with Crippen LogP contribution < -0.4 is 16.4 Å². The molecule has 3 aromatic rings. The summed E-state index contributed by atoms with van der Waals surface area (Å²) in [5.41, 5.74) is 9.00. The summed E-state index contributed by atoms with van der Waals surface area (Å²) in [7, 11) is 0. The average molecular weight is 566 g/mol. The predicted octanol–water partition coefficient (Wildman–Crippen LogP) is 4.37. The number of carbonyl (C=O) groups is 3. The van der Waals surface area contributed by atoms with E-state index in [0.29, 0.717) is 19.3 Å². The van der Waals surface area contributed by atoms with E-state index in [2.05, 4.69) is 10.6 Å². The number of hydrogen-bond acceptors (Lipinski definition) is 5. The van der Waals surface area contributed by atoms with Gasteiger partial charge in [-0.2, -0.15) is 0 Å².